The summed E-state index contributed by atoms with van der Waals surface area (Å²) >= 11 is 0. The van der Waals surface area contributed by atoms with E-state index in [1.54, 1.807) is 6.20 Å². The number of halogens is 1. The fraction of sp³-hybridized carbons (Fsp3) is 0.529. The van der Waals surface area contributed by atoms with Gasteiger partial charge in [-0.15, -0.1) is 0 Å². The Morgan fingerprint density at radius 1 is 0.957 bits per heavy atom. The van der Waals surface area contributed by atoms with Gasteiger partial charge in [0.15, 0.2) is 8.24 Å². The molecule has 0 atom stereocenters. The molecule has 23 heavy (non-hydrogen) atoms. The van der Waals surface area contributed by atoms with Crippen molar-refractivity contribution in [2.45, 2.75) is 63.1 Å². The molecule has 1 aromatic carbocycles. The second-order valence-corrected chi connectivity index (χ2v) is 15.4. The average molecular weight is 372 g/mol. The third kappa shape index (κ3) is 2.87. The van der Waals surface area contributed by atoms with Gasteiger partial charge < -0.3 is 4.23 Å². The molecule has 2 rings (SSSR count). The molecule has 2 aromatic rings. The van der Waals surface area contributed by atoms with Gasteiger partial charge in [0, 0.05) is 27.8 Å². The van der Waals surface area contributed by atoms with Crippen LogP contribution in [0.1, 0.15) is 41.5 Å². The van der Waals surface area contributed by atoms with Crippen LogP contribution in [0.4, 0.5) is 0 Å². The first kappa shape index (κ1) is 18.6. The van der Waals surface area contributed by atoms with Crippen LogP contribution in [-0.4, -0.2) is 20.9 Å². The van der Waals surface area contributed by atoms with Gasteiger partial charge >= 0.3 is 0 Å². The van der Waals surface area contributed by atoms with Gasteiger partial charge in [-0.25, -0.2) is 8.42 Å². The maximum atomic E-state index is 12.1. The molecule has 0 fully saturated rings. The molecule has 3 nitrogen and oxygen atoms in total. The standard InChI is InChI=1S/C17H26ClNO2SSi/c1-12(2)23(13(3)4,14(5)6)19-11-17(22(18,20)21)15-9-7-8-10-16(15)19/h7-14H,1-6H3. The minimum absolute atomic E-state index is 0.230. The van der Waals surface area contributed by atoms with Crippen LogP contribution in [-0.2, 0) is 9.05 Å². The Morgan fingerprint density at radius 2 is 1.43 bits per heavy atom. The lowest BCUT2D eigenvalue weighted by atomic mass is 10.2. The van der Waals surface area contributed by atoms with Crippen LogP contribution in [0.2, 0.25) is 16.6 Å². The molecule has 0 aliphatic carbocycles. The first-order chi connectivity index (χ1) is 10.5. The first-order valence-corrected chi connectivity index (χ1v) is 12.6. The highest BCUT2D eigenvalue weighted by molar-refractivity contribution is 8.14. The smallest absolute Gasteiger partial charge is 0.263 e. The third-order valence-electron chi connectivity index (χ3n) is 5.13. The molecule has 0 N–H and O–H groups in total. The second-order valence-electron chi connectivity index (χ2n) is 7.17. The predicted molar refractivity (Wildman–Crippen MR) is 101 cm³/mol. The van der Waals surface area contributed by atoms with Gasteiger partial charge in [-0.2, -0.15) is 0 Å². The zero-order valence-electron chi connectivity index (χ0n) is 14.7. The van der Waals surface area contributed by atoms with Crippen molar-refractivity contribution in [2.75, 3.05) is 0 Å². The van der Waals surface area contributed by atoms with Crippen LogP contribution in [0.3, 0.4) is 0 Å². The molecule has 0 aliphatic rings. The lowest BCUT2D eigenvalue weighted by Crippen LogP contribution is -2.51. The molecule has 0 bridgehead atoms. The quantitative estimate of drug-likeness (QED) is 0.507. The SMILES string of the molecule is CC(C)[Si](C(C)C)(C(C)C)n1cc(S(=O)(=O)Cl)c2ccccc21. The minimum Gasteiger partial charge on any atom is -0.372 e. The van der Waals surface area contributed by atoms with Gasteiger partial charge in [-0.1, -0.05) is 59.7 Å². The number of nitrogens with zero attached hydrogens (tertiary/aromatic N) is 1. The topological polar surface area (TPSA) is 39.1 Å². The zero-order chi connectivity index (χ0) is 17.6. The highest BCUT2D eigenvalue weighted by Gasteiger charge is 2.46. The molecule has 6 heteroatoms. The first-order valence-electron chi connectivity index (χ1n) is 8.09. The van der Waals surface area contributed by atoms with Gasteiger partial charge in [0.2, 0.25) is 0 Å². The Kier molecular flexibility index (Phi) is 5.05. The Labute approximate surface area is 145 Å². The number of aromatic nitrogens is 1. The molecule has 1 aromatic heterocycles. The minimum atomic E-state index is -3.77. The second kappa shape index (κ2) is 6.26. The van der Waals surface area contributed by atoms with Crippen molar-refractivity contribution in [3.8, 4) is 0 Å². The van der Waals surface area contributed by atoms with Gasteiger partial charge in [0.25, 0.3) is 9.05 Å². The summed E-state index contributed by atoms with van der Waals surface area (Å²) in [5.41, 5.74) is 2.41. The monoisotopic (exact) mass is 371 g/mol. The van der Waals surface area contributed by atoms with E-state index in [-0.39, 0.29) is 4.90 Å². The summed E-state index contributed by atoms with van der Waals surface area (Å²) in [5, 5.41) is 0.723. The summed E-state index contributed by atoms with van der Waals surface area (Å²) in [7, 11) is -0.0909. The molecular formula is C17H26ClNO2SSi. The van der Waals surface area contributed by atoms with Crippen LogP contribution < -0.4 is 0 Å². The van der Waals surface area contributed by atoms with E-state index in [0.717, 1.165) is 10.9 Å². The summed E-state index contributed by atoms with van der Waals surface area (Å²) in [5.74, 6) is 0. The Morgan fingerprint density at radius 3 is 1.87 bits per heavy atom. The van der Waals surface area contributed by atoms with Crippen molar-refractivity contribution in [1.82, 2.24) is 4.23 Å². The Balaban J connectivity index is 2.96. The number of fused-ring (bicyclic) bond motifs is 1. The Bertz CT molecular complexity index is 787. The molecule has 0 spiro atoms. The van der Waals surface area contributed by atoms with Crippen molar-refractivity contribution >= 4 is 38.9 Å². The highest BCUT2D eigenvalue weighted by Crippen LogP contribution is 2.45. The van der Waals surface area contributed by atoms with Crippen LogP contribution in [0.15, 0.2) is 35.4 Å². The predicted octanol–water partition coefficient (Wildman–Crippen LogP) is 5.59. The van der Waals surface area contributed by atoms with E-state index in [1.807, 2.05) is 24.3 Å². The third-order valence-corrected chi connectivity index (χ3v) is 13.2. The van der Waals surface area contributed by atoms with E-state index < -0.39 is 17.3 Å². The maximum Gasteiger partial charge on any atom is 0.263 e. The van der Waals surface area contributed by atoms with E-state index in [4.69, 9.17) is 10.7 Å². The molecule has 0 saturated carbocycles. The molecule has 0 amide bonds. The number of para-hydroxylation sites is 1. The zero-order valence-corrected chi connectivity index (χ0v) is 17.2. The molecule has 0 radical (unpaired) electrons. The lowest BCUT2D eigenvalue weighted by molar-refractivity contribution is 0.610. The van der Waals surface area contributed by atoms with E-state index >= 15 is 0 Å². The fourth-order valence-electron chi connectivity index (χ4n) is 4.50. The largest absolute Gasteiger partial charge is 0.372 e. The number of hydrogen-bond acceptors (Lipinski definition) is 2. The highest BCUT2D eigenvalue weighted by atomic mass is 35.7. The molecular weight excluding hydrogens is 346 g/mol. The summed E-state index contributed by atoms with van der Waals surface area (Å²) in [4.78, 5) is 0.230. The molecule has 0 aliphatic heterocycles. The van der Waals surface area contributed by atoms with Crippen molar-refractivity contribution in [1.29, 1.82) is 0 Å². The van der Waals surface area contributed by atoms with E-state index in [9.17, 15) is 8.42 Å². The average Bonchev–Trinajstić information content (AvgIpc) is 2.78. The summed E-state index contributed by atoms with van der Waals surface area (Å²) in [6.45, 7) is 13.6. The van der Waals surface area contributed by atoms with E-state index in [2.05, 4.69) is 45.8 Å². The van der Waals surface area contributed by atoms with Crippen molar-refractivity contribution < 1.29 is 8.42 Å². The number of rotatable bonds is 5. The molecule has 0 saturated heterocycles. The number of benzene rings is 1. The van der Waals surface area contributed by atoms with Gasteiger partial charge in [0.1, 0.15) is 4.90 Å². The van der Waals surface area contributed by atoms with E-state index in [0.29, 0.717) is 16.6 Å². The van der Waals surface area contributed by atoms with Crippen molar-refractivity contribution in [2.24, 2.45) is 0 Å². The molecule has 128 valence electrons. The van der Waals surface area contributed by atoms with Gasteiger partial charge in [-0.05, 0) is 22.7 Å². The lowest BCUT2D eigenvalue weighted by Gasteiger charge is -2.44. The summed E-state index contributed by atoms with van der Waals surface area (Å²) in [6.07, 6.45) is 1.79. The van der Waals surface area contributed by atoms with Crippen LogP contribution in [0.5, 0.6) is 0 Å². The Hall–Kier alpha value is -0.783. The summed E-state index contributed by atoms with van der Waals surface area (Å²) in [6, 6.07) is 7.68. The van der Waals surface area contributed by atoms with E-state index in [1.165, 1.54) is 0 Å². The maximum absolute atomic E-state index is 12.1. The van der Waals surface area contributed by atoms with Crippen molar-refractivity contribution in [3.05, 3.63) is 30.5 Å². The van der Waals surface area contributed by atoms with Gasteiger partial charge in [0.05, 0.1) is 0 Å². The fourth-order valence-corrected chi connectivity index (χ4v) is 12.3. The normalized spacial score (nSPS) is 13.7. The van der Waals surface area contributed by atoms with Crippen LogP contribution in [0.25, 0.3) is 10.9 Å². The van der Waals surface area contributed by atoms with Crippen LogP contribution >= 0.6 is 10.7 Å². The molecule has 0 unspecified atom stereocenters. The van der Waals surface area contributed by atoms with Gasteiger partial charge in [-0.3, -0.25) is 0 Å². The van der Waals surface area contributed by atoms with Crippen molar-refractivity contribution in [3.63, 3.8) is 0 Å². The summed E-state index contributed by atoms with van der Waals surface area (Å²) < 4.78 is 26.4. The molecule has 1 heterocycles. The number of hydrogen-bond donors (Lipinski definition) is 0. The van der Waals surface area contributed by atoms with Crippen LogP contribution in [0, 0.1) is 0 Å².